The number of aromatic nitrogens is 2. The zero-order valence-electron chi connectivity index (χ0n) is 10.3. The van der Waals surface area contributed by atoms with Crippen LogP contribution in [0.2, 0.25) is 0 Å². The summed E-state index contributed by atoms with van der Waals surface area (Å²) in [7, 11) is 0. The quantitative estimate of drug-likeness (QED) is 0.916. The van der Waals surface area contributed by atoms with Crippen LogP contribution in [-0.2, 0) is 13.0 Å². The molecular weight excluding hydrogens is 259 g/mol. The topological polar surface area (TPSA) is 41.1 Å². The lowest BCUT2D eigenvalue weighted by atomic mass is 10.1. The van der Waals surface area contributed by atoms with Gasteiger partial charge in [-0.1, -0.05) is 0 Å². The van der Waals surface area contributed by atoms with Crippen LogP contribution < -0.4 is 10.2 Å². The lowest BCUT2D eigenvalue weighted by Gasteiger charge is -2.21. The molecule has 4 nitrogen and oxygen atoms in total. The zero-order valence-corrected chi connectivity index (χ0v) is 11.9. The first-order valence-corrected chi connectivity index (χ1v) is 5.65. The zero-order chi connectivity index (χ0) is 10.7. The molecule has 0 saturated carbocycles. The van der Waals surface area contributed by atoms with Crippen molar-refractivity contribution in [3.63, 3.8) is 0 Å². The van der Waals surface area contributed by atoms with Gasteiger partial charge in [-0.3, -0.25) is 0 Å². The van der Waals surface area contributed by atoms with E-state index in [4.69, 9.17) is 0 Å². The van der Waals surface area contributed by atoms with Crippen LogP contribution >= 0.6 is 24.8 Å². The molecule has 0 saturated heterocycles. The van der Waals surface area contributed by atoms with Gasteiger partial charge in [-0.2, -0.15) is 0 Å². The maximum atomic E-state index is 4.61. The van der Waals surface area contributed by atoms with E-state index in [2.05, 4.69) is 34.0 Å². The number of halogens is 2. The molecule has 0 atom stereocenters. The molecule has 1 N–H and O–H groups in total. The number of nitrogens with one attached hydrogen (secondary N) is 1. The summed E-state index contributed by atoms with van der Waals surface area (Å²) in [6.45, 7) is 8.10. The van der Waals surface area contributed by atoms with Crippen molar-refractivity contribution in [2.75, 3.05) is 24.5 Å². The van der Waals surface area contributed by atoms with Gasteiger partial charge in [-0.25, -0.2) is 9.97 Å². The smallest absolute Gasteiger partial charge is 0.225 e. The van der Waals surface area contributed by atoms with Gasteiger partial charge in [0.15, 0.2) is 0 Å². The number of hydrogen-bond acceptors (Lipinski definition) is 4. The van der Waals surface area contributed by atoms with Crippen molar-refractivity contribution in [3.8, 4) is 0 Å². The number of anilines is 1. The highest BCUT2D eigenvalue weighted by Crippen LogP contribution is 2.14. The van der Waals surface area contributed by atoms with E-state index in [0.717, 1.165) is 44.2 Å². The highest BCUT2D eigenvalue weighted by molar-refractivity contribution is 5.85. The minimum absolute atomic E-state index is 0. The molecule has 0 spiro atoms. The summed E-state index contributed by atoms with van der Waals surface area (Å²) >= 11 is 0. The molecule has 0 bridgehead atoms. The van der Waals surface area contributed by atoms with E-state index in [1.165, 1.54) is 5.56 Å². The normalized spacial score (nSPS) is 13.1. The van der Waals surface area contributed by atoms with Gasteiger partial charge in [0.05, 0.1) is 5.69 Å². The highest BCUT2D eigenvalue weighted by atomic mass is 35.5. The van der Waals surface area contributed by atoms with Crippen molar-refractivity contribution in [1.29, 1.82) is 0 Å². The predicted octanol–water partition coefficient (Wildman–Crippen LogP) is 1.81. The van der Waals surface area contributed by atoms with E-state index in [1.807, 2.05) is 6.20 Å². The van der Waals surface area contributed by atoms with Crippen molar-refractivity contribution in [1.82, 2.24) is 15.3 Å². The molecule has 6 heteroatoms. The number of hydrogen-bond donors (Lipinski definition) is 1. The molecule has 17 heavy (non-hydrogen) atoms. The van der Waals surface area contributed by atoms with E-state index in [-0.39, 0.29) is 24.8 Å². The fraction of sp³-hybridized carbons (Fsp3) is 0.636. The Kier molecular flexibility index (Phi) is 7.43. The van der Waals surface area contributed by atoms with Gasteiger partial charge in [-0.05, 0) is 32.4 Å². The second-order valence-corrected chi connectivity index (χ2v) is 3.74. The molecule has 98 valence electrons. The molecule has 0 aliphatic carbocycles. The molecule has 1 aliphatic heterocycles. The third-order valence-electron chi connectivity index (χ3n) is 2.85. The van der Waals surface area contributed by atoms with Crippen LogP contribution in [0.5, 0.6) is 0 Å². The van der Waals surface area contributed by atoms with Crippen LogP contribution in [0, 0.1) is 0 Å². The number of nitrogens with zero attached hydrogens (tertiary/aromatic N) is 3. The lowest BCUT2D eigenvalue weighted by Crippen LogP contribution is -2.28. The van der Waals surface area contributed by atoms with Crippen LogP contribution in [0.4, 0.5) is 5.95 Å². The number of fused-ring (bicyclic) bond motifs is 1. The summed E-state index contributed by atoms with van der Waals surface area (Å²) < 4.78 is 0. The van der Waals surface area contributed by atoms with Crippen molar-refractivity contribution < 1.29 is 0 Å². The molecule has 0 aromatic carbocycles. The van der Waals surface area contributed by atoms with Crippen molar-refractivity contribution >= 4 is 30.8 Å². The maximum Gasteiger partial charge on any atom is 0.225 e. The van der Waals surface area contributed by atoms with Gasteiger partial charge in [-0.15, -0.1) is 24.8 Å². The third-order valence-corrected chi connectivity index (χ3v) is 2.85. The van der Waals surface area contributed by atoms with Gasteiger partial charge in [0.25, 0.3) is 0 Å². The van der Waals surface area contributed by atoms with Gasteiger partial charge in [0.2, 0.25) is 5.95 Å². The SMILES string of the molecule is CCN(CC)c1ncc2c(n1)CNCC2.Cl.Cl. The summed E-state index contributed by atoms with van der Waals surface area (Å²) in [5.41, 5.74) is 2.46. The first-order chi connectivity index (χ1) is 7.35. The maximum absolute atomic E-state index is 4.61. The van der Waals surface area contributed by atoms with Gasteiger partial charge in [0, 0.05) is 25.8 Å². The minimum atomic E-state index is 0. The predicted molar refractivity (Wildman–Crippen MR) is 75.5 cm³/mol. The van der Waals surface area contributed by atoms with Crippen molar-refractivity contribution in [3.05, 3.63) is 17.5 Å². The molecule has 0 fully saturated rings. The van der Waals surface area contributed by atoms with Crippen molar-refractivity contribution in [2.45, 2.75) is 26.8 Å². The lowest BCUT2D eigenvalue weighted by molar-refractivity contribution is 0.620. The van der Waals surface area contributed by atoms with Gasteiger partial charge >= 0.3 is 0 Å². The second kappa shape index (κ2) is 7.69. The average molecular weight is 279 g/mol. The van der Waals surface area contributed by atoms with Crippen molar-refractivity contribution in [2.24, 2.45) is 0 Å². The standard InChI is InChI=1S/C11H18N4.2ClH/c1-3-15(4-2)11-13-7-9-5-6-12-8-10(9)14-11;;/h7,12H,3-6,8H2,1-2H3;2*1H. The Balaban J connectivity index is 0.00000128. The Hall–Kier alpha value is -0.580. The molecule has 1 aliphatic rings. The molecule has 2 rings (SSSR count). The summed E-state index contributed by atoms with van der Waals surface area (Å²) in [6.07, 6.45) is 3.03. The summed E-state index contributed by atoms with van der Waals surface area (Å²) in [6, 6.07) is 0. The first kappa shape index (κ1) is 16.4. The molecule has 1 aromatic heterocycles. The average Bonchev–Trinajstić information content (AvgIpc) is 2.30. The Morgan fingerprint density at radius 1 is 1.29 bits per heavy atom. The monoisotopic (exact) mass is 278 g/mol. The summed E-state index contributed by atoms with van der Waals surface area (Å²) in [5, 5.41) is 3.33. The Labute approximate surface area is 115 Å². The van der Waals surface area contributed by atoms with E-state index in [1.54, 1.807) is 0 Å². The summed E-state index contributed by atoms with van der Waals surface area (Å²) in [4.78, 5) is 11.2. The first-order valence-electron chi connectivity index (χ1n) is 5.65. The summed E-state index contributed by atoms with van der Waals surface area (Å²) in [5.74, 6) is 0.863. The van der Waals surface area contributed by atoms with Gasteiger partial charge < -0.3 is 10.2 Å². The Morgan fingerprint density at radius 3 is 2.65 bits per heavy atom. The molecule has 0 amide bonds. The molecular formula is C11H20Cl2N4. The Morgan fingerprint density at radius 2 is 2.00 bits per heavy atom. The number of rotatable bonds is 3. The molecule has 0 unspecified atom stereocenters. The fourth-order valence-electron chi connectivity index (χ4n) is 1.88. The van der Waals surface area contributed by atoms with Crippen LogP contribution in [0.15, 0.2) is 6.20 Å². The third kappa shape index (κ3) is 3.69. The van der Waals surface area contributed by atoms with Crippen LogP contribution in [-0.4, -0.2) is 29.6 Å². The molecule has 0 radical (unpaired) electrons. The molecule has 2 heterocycles. The minimum Gasteiger partial charge on any atom is -0.341 e. The van der Waals surface area contributed by atoms with Crippen LogP contribution in [0.3, 0.4) is 0 Å². The van der Waals surface area contributed by atoms with E-state index in [9.17, 15) is 0 Å². The largest absolute Gasteiger partial charge is 0.341 e. The van der Waals surface area contributed by atoms with E-state index < -0.39 is 0 Å². The van der Waals surface area contributed by atoms with Gasteiger partial charge in [0.1, 0.15) is 0 Å². The second-order valence-electron chi connectivity index (χ2n) is 3.74. The van der Waals surface area contributed by atoms with E-state index in [0.29, 0.717) is 0 Å². The van der Waals surface area contributed by atoms with Crippen LogP contribution in [0.25, 0.3) is 0 Å². The van der Waals surface area contributed by atoms with E-state index >= 15 is 0 Å². The highest BCUT2D eigenvalue weighted by Gasteiger charge is 2.13. The molecule has 1 aromatic rings. The fourth-order valence-corrected chi connectivity index (χ4v) is 1.88. The Bertz CT molecular complexity index is 342. The van der Waals surface area contributed by atoms with Crippen LogP contribution in [0.1, 0.15) is 25.1 Å².